The van der Waals surface area contributed by atoms with Crippen molar-refractivity contribution in [1.82, 2.24) is 4.90 Å². The first kappa shape index (κ1) is 8.04. The zero-order valence-corrected chi connectivity index (χ0v) is 6.54. The number of carbonyl (C=O) groups is 2. The summed E-state index contributed by atoms with van der Waals surface area (Å²) in [5, 5.41) is 0. The summed E-state index contributed by atoms with van der Waals surface area (Å²) >= 11 is 0. The third-order valence-electron chi connectivity index (χ3n) is 1.70. The lowest BCUT2D eigenvalue weighted by Gasteiger charge is -2.13. The molecule has 0 atom stereocenters. The fraction of sp³-hybridized carbons (Fsp3) is 0.714. The number of amides is 2. The Labute approximate surface area is 65.3 Å². The second kappa shape index (κ2) is 2.90. The van der Waals surface area contributed by atoms with E-state index in [0.29, 0.717) is 0 Å². The highest BCUT2D eigenvalue weighted by Crippen LogP contribution is 2.30. The lowest BCUT2D eigenvalue weighted by Crippen LogP contribution is -2.36. The maximum Gasteiger partial charge on any atom is 0.237 e. The molecule has 0 aromatic rings. The molecule has 4 nitrogen and oxygen atoms in total. The average molecular weight is 156 g/mol. The van der Waals surface area contributed by atoms with E-state index in [-0.39, 0.29) is 18.4 Å². The van der Waals surface area contributed by atoms with Crippen molar-refractivity contribution >= 4 is 11.8 Å². The van der Waals surface area contributed by atoms with E-state index >= 15 is 0 Å². The monoisotopic (exact) mass is 156 g/mol. The molecule has 11 heavy (non-hydrogen) atoms. The van der Waals surface area contributed by atoms with Crippen LogP contribution in [0.3, 0.4) is 0 Å². The summed E-state index contributed by atoms with van der Waals surface area (Å²) < 4.78 is 0. The predicted molar refractivity (Wildman–Crippen MR) is 39.6 cm³/mol. The first-order valence-corrected chi connectivity index (χ1v) is 3.64. The zero-order valence-electron chi connectivity index (χ0n) is 6.54. The van der Waals surface area contributed by atoms with Gasteiger partial charge in [0.2, 0.25) is 11.8 Å². The highest BCUT2D eigenvalue weighted by atomic mass is 16.2. The quantitative estimate of drug-likeness (QED) is 0.589. The van der Waals surface area contributed by atoms with Gasteiger partial charge in [0.05, 0.1) is 6.54 Å². The van der Waals surface area contributed by atoms with Gasteiger partial charge < -0.3 is 10.6 Å². The first-order chi connectivity index (χ1) is 5.11. The molecule has 1 rings (SSSR count). The van der Waals surface area contributed by atoms with Crippen molar-refractivity contribution in [2.75, 3.05) is 13.6 Å². The number of hydrogen-bond donors (Lipinski definition) is 1. The summed E-state index contributed by atoms with van der Waals surface area (Å²) in [6.45, 7) is 0.0370. The number of nitrogens with two attached hydrogens (primary N) is 1. The maximum atomic E-state index is 11.2. The first-order valence-electron chi connectivity index (χ1n) is 3.64. The highest BCUT2D eigenvalue weighted by molar-refractivity contribution is 5.86. The van der Waals surface area contributed by atoms with Crippen molar-refractivity contribution in [3.8, 4) is 0 Å². The van der Waals surface area contributed by atoms with Gasteiger partial charge in [0.25, 0.3) is 0 Å². The number of rotatable bonds is 3. The molecule has 0 aliphatic heterocycles. The fourth-order valence-electron chi connectivity index (χ4n) is 0.954. The number of carbonyl (C=O) groups excluding carboxylic acids is 2. The van der Waals surface area contributed by atoms with Crippen LogP contribution >= 0.6 is 0 Å². The molecule has 0 aromatic heterocycles. The molecule has 0 bridgehead atoms. The van der Waals surface area contributed by atoms with Gasteiger partial charge in [0.15, 0.2) is 0 Å². The summed E-state index contributed by atoms with van der Waals surface area (Å²) in [4.78, 5) is 22.9. The molecule has 2 N–H and O–H groups in total. The summed E-state index contributed by atoms with van der Waals surface area (Å²) in [5.74, 6) is -0.246. The van der Waals surface area contributed by atoms with Crippen LogP contribution in [-0.2, 0) is 9.59 Å². The Morgan fingerprint density at radius 3 is 2.45 bits per heavy atom. The van der Waals surface area contributed by atoms with Gasteiger partial charge in [0, 0.05) is 13.0 Å². The van der Waals surface area contributed by atoms with Gasteiger partial charge >= 0.3 is 0 Å². The van der Waals surface area contributed by atoms with E-state index in [2.05, 4.69) is 0 Å². The Kier molecular flexibility index (Phi) is 2.12. The van der Waals surface area contributed by atoms with E-state index in [1.54, 1.807) is 7.05 Å². The van der Waals surface area contributed by atoms with Crippen LogP contribution in [0, 0.1) is 5.92 Å². The van der Waals surface area contributed by atoms with Crippen molar-refractivity contribution in [2.24, 2.45) is 11.7 Å². The lowest BCUT2D eigenvalue weighted by atomic mass is 10.3. The molecule has 0 heterocycles. The third-order valence-corrected chi connectivity index (χ3v) is 1.70. The van der Waals surface area contributed by atoms with Crippen LogP contribution in [0.15, 0.2) is 0 Å². The molecule has 0 saturated heterocycles. The van der Waals surface area contributed by atoms with Gasteiger partial charge in [-0.3, -0.25) is 9.59 Å². The van der Waals surface area contributed by atoms with E-state index in [4.69, 9.17) is 5.73 Å². The minimum absolute atomic E-state index is 0.0370. The molecular formula is C7H12N2O2. The van der Waals surface area contributed by atoms with Crippen LogP contribution in [-0.4, -0.2) is 30.3 Å². The second-order valence-corrected chi connectivity index (χ2v) is 2.93. The molecule has 4 heteroatoms. The Hall–Kier alpha value is -1.06. The minimum atomic E-state index is -0.457. The molecule has 0 radical (unpaired) electrons. The van der Waals surface area contributed by atoms with E-state index in [1.165, 1.54) is 4.90 Å². The highest BCUT2D eigenvalue weighted by Gasteiger charge is 2.32. The Morgan fingerprint density at radius 1 is 1.55 bits per heavy atom. The van der Waals surface area contributed by atoms with E-state index in [9.17, 15) is 9.59 Å². The van der Waals surface area contributed by atoms with Gasteiger partial charge in [0.1, 0.15) is 0 Å². The van der Waals surface area contributed by atoms with Crippen LogP contribution in [0.5, 0.6) is 0 Å². The summed E-state index contributed by atoms with van der Waals surface area (Å²) in [6, 6.07) is 0. The van der Waals surface area contributed by atoms with Gasteiger partial charge in [-0.1, -0.05) is 0 Å². The normalized spacial score (nSPS) is 16.1. The summed E-state index contributed by atoms with van der Waals surface area (Å²) in [6.07, 6.45) is 1.92. The van der Waals surface area contributed by atoms with Gasteiger partial charge in [-0.15, -0.1) is 0 Å². The van der Waals surface area contributed by atoms with Gasteiger partial charge in [-0.05, 0) is 12.8 Å². The third kappa shape index (κ3) is 2.22. The summed E-state index contributed by atoms with van der Waals surface area (Å²) in [7, 11) is 1.60. The number of nitrogens with zero attached hydrogens (tertiary/aromatic N) is 1. The smallest absolute Gasteiger partial charge is 0.237 e. The lowest BCUT2D eigenvalue weighted by molar-refractivity contribution is -0.134. The van der Waals surface area contributed by atoms with Crippen molar-refractivity contribution in [3.63, 3.8) is 0 Å². The largest absolute Gasteiger partial charge is 0.368 e. The van der Waals surface area contributed by atoms with Crippen molar-refractivity contribution in [1.29, 1.82) is 0 Å². The second-order valence-electron chi connectivity index (χ2n) is 2.93. The molecule has 1 aliphatic carbocycles. The SMILES string of the molecule is CN(CC(N)=O)C(=O)C1CC1. The number of likely N-dealkylation sites (N-methyl/N-ethyl adjacent to an activating group) is 1. The van der Waals surface area contributed by atoms with Crippen LogP contribution in [0.2, 0.25) is 0 Å². The predicted octanol–water partition coefficient (Wildman–Crippen LogP) is -0.660. The van der Waals surface area contributed by atoms with Crippen LogP contribution in [0.1, 0.15) is 12.8 Å². The molecule has 0 aromatic carbocycles. The number of primary amides is 1. The van der Waals surface area contributed by atoms with E-state index in [0.717, 1.165) is 12.8 Å². The molecule has 0 spiro atoms. The molecule has 2 amide bonds. The van der Waals surface area contributed by atoms with Crippen LogP contribution in [0.25, 0.3) is 0 Å². The molecule has 62 valence electrons. The van der Waals surface area contributed by atoms with Gasteiger partial charge in [-0.25, -0.2) is 0 Å². The molecule has 1 saturated carbocycles. The van der Waals surface area contributed by atoms with Crippen LogP contribution < -0.4 is 5.73 Å². The fourth-order valence-corrected chi connectivity index (χ4v) is 0.954. The van der Waals surface area contributed by atoms with Crippen molar-refractivity contribution in [3.05, 3.63) is 0 Å². The standard InChI is InChI=1S/C7H12N2O2/c1-9(4-6(8)10)7(11)5-2-3-5/h5H,2-4H2,1H3,(H2,8,10). The van der Waals surface area contributed by atoms with Crippen molar-refractivity contribution < 1.29 is 9.59 Å². The average Bonchev–Trinajstić information content (AvgIpc) is 2.65. The van der Waals surface area contributed by atoms with Crippen LogP contribution in [0.4, 0.5) is 0 Å². The van der Waals surface area contributed by atoms with E-state index in [1.807, 2.05) is 0 Å². The topological polar surface area (TPSA) is 63.4 Å². The Morgan fingerprint density at radius 2 is 2.09 bits per heavy atom. The summed E-state index contributed by atoms with van der Waals surface area (Å²) in [5.41, 5.74) is 4.92. The van der Waals surface area contributed by atoms with Crippen molar-refractivity contribution in [2.45, 2.75) is 12.8 Å². The zero-order chi connectivity index (χ0) is 8.43. The Balaban J connectivity index is 2.33. The molecule has 1 fully saturated rings. The molecular weight excluding hydrogens is 144 g/mol. The maximum absolute atomic E-state index is 11.2. The molecule has 0 unspecified atom stereocenters. The van der Waals surface area contributed by atoms with Gasteiger partial charge in [-0.2, -0.15) is 0 Å². The van der Waals surface area contributed by atoms with E-state index < -0.39 is 5.91 Å². The Bertz CT molecular complexity index is 187. The minimum Gasteiger partial charge on any atom is -0.368 e. The number of hydrogen-bond acceptors (Lipinski definition) is 2. The molecule has 1 aliphatic rings.